The normalized spacial score (nSPS) is 8.00. The Kier molecular flexibility index (Phi) is 12.9. The first-order valence-corrected chi connectivity index (χ1v) is 4.75. The molecule has 0 aliphatic heterocycles. The molecule has 0 N–H and O–H groups in total. The summed E-state index contributed by atoms with van der Waals surface area (Å²) in [7, 11) is 3.27. The number of ether oxygens (including phenoxy) is 2. The molecule has 0 bridgehead atoms. The summed E-state index contributed by atoms with van der Waals surface area (Å²) in [6.07, 6.45) is 2.28. The summed E-state index contributed by atoms with van der Waals surface area (Å²) in [5.41, 5.74) is 0. The summed E-state index contributed by atoms with van der Waals surface area (Å²) in [5, 5.41) is 0. The van der Waals surface area contributed by atoms with E-state index in [1.165, 1.54) is 6.42 Å². The molecule has 15 heavy (non-hydrogen) atoms. The molecule has 0 unspecified atom stereocenters. The molecule has 0 fully saturated rings. The van der Waals surface area contributed by atoms with Crippen LogP contribution in [0.3, 0.4) is 0 Å². The second-order valence-electron chi connectivity index (χ2n) is 2.74. The smallest absolute Gasteiger partial charge is 0.497 e. The minimum absolute atomic E-state index is 0. The Balaban J connectivity index is 0. The maximum Gasteiger partial charge on any atom is 1.00 e. The van der Waals surface area contributed by atoms with Crippen LogP contribution in [-0.4, -0.2) is 14.2 Å². The Labute approximate surface area is 105 Å². The molecule has 3 heteroatoms. The van der Waals surface area contributed by atoms with E-state index in [-0.39, 0.29) is 18.9 Å². The second-order valence-corrected chi connectivity index (χ2v) is 2.74. The van der Waals surface area contributed by atoms with Gasteiger partial charge >= 0.3 is 18.9 Å². The van der Waals surface area contributed by atoms with Gasteiger partial charge in [0.2, 0.25) is 0 Å². The Hall–Kier alpha value is -0.583. The summed E-state index contributed by atoms with van der Waals surface area (Å²) >= 11 is 0. The number of hydrogen-bond acceptors (Lipinski definition) is 2. The Bertz CT molecular complexity index is 218. The van der Waals surface area contributed by atoms with E-state index in [9.17, 15) is 0 Å². The molecule has 0 spiro atoms. The van der Waals surface area contributed by atoms with Gasteiger partial charge in [-0.3, -0.25) is 0 Å². The van der Waals surface area contributed by atoms with Crippen LogP contribution in [0.4, 0.5) is 0 Å². The van der Waals surface area contributed by atoms with E-state index in [2.05, 4.69) is 13.8 Å². The third kappa shape index (κ3) is 8.41. The molecule has 2 nitrogen and oxygen atoms in total. The number of hydrogen-bond donors (Lipinski definition) is 0. The molecule has 1 aromatic carbocycles. The first kappa shape index (κ1) is 16.8. The van der Waals surface area contributed by atoms with Crippen molar-refractivity contribution in [3.8, 4) is 11.5 Å². The summed E-state index contributed by atoms with van der Waals surface area (Å²) < 4.78 is 9.95. The molecule has 0 aliphatic carbocycles. The molecule has 1 aromatic rings. The van der Waals surface area contributed by atoms with Crippen LogP contribution in [0, 0.1) is 6.92 Å². The molecule has 0 saturated heterocycles. The van der Waals surface area contributed by atoms with Crippen molar-refractivity contribution in [3.05, 3.63) is 31.2 Å². The van der Waals surface area contributed by atoms with Gasteiger partial charge in [-0.15, -0.1) is 0 Å². The maximum atomic E-state index is 4.98. The van der Waals surface area contributed by atoms with Crippen molar-refractivity contribution in [3.63, 3.8) is 0 Å². The van der Waals surface area contributed by atoms with Gasteiger partial charge in [-0.05, 0) is 12.1 Å². The quantitative estimate of drug-likeness (QED) is 0.519. The van der Waals surface area contributed by atoms with Crippen molar-refractivity contribution < 1.29 is 28.3 Å². The van der Waals surface area contributed by atoms with Crippen molar-refractivity contribution in [2.75, 3.05) is 14.2 Å². The Morgan fingerprint density at radius 3 is 1.80 bits per heavy atom. The van der Waals surface area contributed by atoms with Crippen LogP contribution < -0.4 is 28.3 Å². The van der Waals surface area contributed by atoms with Crippen LogP contribution in [0.25, 0.3) is 0 Å². The van der Waals surface area contributed by atoms with Gasteiger partial charge in [0.1, 0.15) is 11.5 Å². The van der Waals surface area contributed by atoms with Crippen molar-refractivity contribution >= 4 is 0 Å². The third-order valence-corrected chi connectivity index (χ3v) is 1.63. The van der Waals surface area contributed by atoms with Crippen molar-refractivity contribution in [2.24, 2.45) is 0 Å². The average molecular weight is 202 g/mol. The molecule has 0 aliphatic rings. The van der Waals surface area contributed by atoms with E-state index >= 15 is 0 Å². The zero-order valence-corrected chi connectivity index (χ0v) is 10.2. The summed E-state index contributed by atoms with van der Waals surface area (Å²) in [4.78, 5) is 0. The molecule has 0 atom stereocenters. The van der Waals surface area contributed by atoms with Gasteiger partial charge in [0.05, 0.1) is 14.2 Å². The van der Waals surface area contributed by atoms with Gasteiger partial charge in [-0.2, -0.15) is 6.42 Å². The first-order chi connectivity index (χ1) is 6.78. The van der Waals surface area contributed by atoms with Gasteiger partial charge in [-0.25, -0.2) is 0 Å². The van der Waals surface area contributed by atoms with Crippen LogP contribution in [0.5, 0.6) is 11.5 Å². The van der Waals surface area contributed by atoms with Crippen molar-refractivity contribution in [1.82, 2.24) is 0 Å². The minimum atomic E-state index is 0. The second kappa shape index (κ2) is 11.5. The molecular weight excluding hydrogens is 183 g/mol. The summed E-state index contributed by atoms with van der Waals surface area (Å²) in [5.74, 6) is 1.64. The Morgan fingerprint density at radius 1 is 1.13 bits per heavy atom. The number of unbranched alkanes of at least 4 members (excludes halogenated alkanes) is 1. The van der Waals surface area contributed by atoms with Crippen molar-refractivity contribution in [2.45, 2.75) is 19.8 Å². The zero-order chi connectivity index (χ0) is 10.8. The topological polar surface area (TPSA) is 18.5 Å². The van der Waals surface area contributed by atoms with Gasteiger partial charge < -0.3 is 16.4 Å². The fourth-order valence-electron chi connectivity index (χ4n) is 0.728. The van der Waals surface area contributed by atoms with Crippen LogP contribution >= 0.6 is 0 Å². The molecule has 0 heterocycles. The predicted molar refractivity (Wildman–Crippen MR) is 59.8 cm³/mol. The number of benzene rings is 1. The molecule has 0 saturated carbocycles. The maximum absolute atomic E-state index is 4.98. The molecule has 0 radical (unpaired) electrons. The van der Waals surface area contributed by atoms with Gasteiger partial charge in [0.15, 0.2) is 0 Å². The minimum Gasteiger partial charge on any atom is -0.497 e. The van der Waals surface area contributed by atoms with E-state index in [0.29, 0.717) is 0 Å². The van der Waals surface area contributed by atoms with Crippen LogP contribution in [0.1, 0.15) is 19.8 Å². The van der Waals surface area contributed by atoms with Gasteiger partial charge in [-0.1, -0.05) is 19.4 Å². The molecule has 1 rings (SSSR count). The van der Waals surface area contributed by atoms with E-state index < -0.39 is 0 Å². The molecule has 80 valence electrons. The van der Waals surface area contributed by atoms with E-state index in [1.807, 2.05) is 24.3 Å². The SMILES string of the molecule is COc1cccc(OC)c1.[CH2-]CCC.[Li+]. The fourth-order valence-corrected chi connectivity index (χ4v) is 0.728. The number of rotatable bonds is 3. The zero-order valence-electron chi connectivity index (χ0n) is 10.2. The standard InChI is InChI=1S/C8H10O2.C4H9.Li/c1-9-7-4-3-5-8(6-7)10-2;1-3-4-2;/h3-6H,1-2H3;1,3-4H2,2H3;/q;-1;+1. The van der Waals surface area contributed by atoms with Crippen LogP contribution in [0.2, 0.25) is 0 Å². The summed E-state index contributed by atoms with van der Waals surface area (Å²) in [6.45, 7) is 5.72. The average Bonchev–Trinajstić information content (AvgIpc) is 2.29. The third-order valence-electron chi connectivity index (χ3n) is 1.63. The monoisotopic (exact) mass is 202 g/mol. The van der Waals surface area contributed by atoms with Crippen LogP contribution in [0.15, 0.2) is 24.3 Å². The molecular formula is C12H19LiO2. The van der Waals surface area contributed by atoms with Gasteiger partial charge in [0, 0.05) is 6.07 Å². The van der Waals surface area contributed by atoms with E-state index in [4.69, 9.17) is 9.47 Å². The van der Waals surface area contributed by atoms with E-state index in [0.717, 1.165) is 17.9 Å². The van der Waals surface area contributed by atoms with Gasteiger partial charge in [0.25, 0.3) is 0 Å². The molecule has 0 amide bonds. The van der Waals surface area contributed by atoms with E-state index in [1.54, 1.807) is 14.2 Å². The first-order valence-electron chi connectivity index (χ1n) is 4.75. The largest absolute Gasteiger partial charge is 1.00 e. The number of methoxy groups -OCH3 is 2. The fraction of sp³-hybridized carbons (Fsp3) is 0.417. The van der Waals surface area contributed by atoms with Crippen molar-refractivity contribution in [1.29, 1.82) is 0 Å². The summed E-state index contributed by atoms with van der Waals surface area (Å²) in [6, 6.07) is 7.47. The predicted octanol–water partition coefficient (Wildman–Crippen LogP) is 0.328. The Morgan fingerprint density at radius 2 is 1.53 bits per heavy atom. The van der Waals surface area contributed by atoms with Crippen LogP contribution in [-0.2, 0) is 0 Å². The molecule has 0 aromatic heterocycles.